The van der Waals surface area contributed by atoms with Crippen LogP contribution in [0.5, 0.6) is 0 Å². The Hall–Kier alpha value is -1.37. The van der Waals surface area contributed by atoms with E-state index in [1.807, 2.05) is 19.4 Å². The van der Waals surface area contributed by atoms with Gasteiger partial charge in [0.25, 0.3) is 0 Å². The summed E-state index contributed by atoms with van der Waals surface area (Å²) in [6, 6.07) is 6.48. The Labute approximate surface area is 162 Å². The molecular formula is C18H22BrClN4O. The lowest BCUT2D eigenvalue weighted by atomic mass is 9.90. The van der Waals surface area contributed by atoms with Crippen LogP contribution in [-0.2, 0) is 18.3 Å². The van der Waals surface area contributed by atoms with Crippen LogP contribution in [0.15, 0.2) is 35.1 Å². The minimum absolute atomic E-state index is 0. The summed E-state index contributed by atoms with van der Waals surface area (Å²) in [4.78, 5) is 12.9. The fraction of sp³-hybridized carbons (Fsp3) is 0.444. The van der Waals surface area contributed by atoms with E-state index in [1.165, 1.54) is 11.1 Å². The summed E-state index contributed by atoms with van der Waals surface area (Å²) in [5.41, 5.74) is 3.73. The zero-order valence-electron chi connectivity index (χ0n) is 14.0. The molecule has 1 amide bonds. The second kappa shape index (κ2) is 7.48. The van der Waals surface area contributed by atoms with Crippen molar-refractivity contribution in [2.75, 3.05) is 13.1 Å². The van der Waals surface area contributed by atoms with E-state index in [1.54, 1.807) is 4.68 Å². The van der Waals surface area contributed by atoms with Gasteiger partial charge in [-0.3, -0.25) is 9.48 Å². The van der Waals surface area contributed by atoms with Gasteiger partial charge in [-0.2, -0.15) is 5.10 Å². The Bertz CT molecular complexity index is 778. The van der Waals surface area contributed by atoms with Gasteiger partial charge in [-0.1, -0.05) is 22.0 Å². The molecule has 1 saturated heterocycles. The highest BCUT2D eigenvalue weighted by Gasteiger charge is 2.36. The number of fused-ring (bicyclic) bond motifs is 1. The number of nitrogens with one attached hydrogen (secondary N) is 2. The third-order valence-corrected chi connectivity index (χ3v) is 5.70. The first-order valence-corrected chi connectivity index (χ1v) is 9.19. The van der Waals surface area contributed by atoms with Crippen LogP contribution in [0.2, 0.25) is 0 Å². The largest absolute Gasteiger partial charge is 0.349 e. The van der Waals surface area contributed by atoms with E-state index in [9.17, 15) is 4.79 Å². The molecule has 2 aromatic rings. The number of halogens is 2. The normalized spacial score (nSPS) is 24.6. The zero-order valence-corrected chi connectivity index (χ0v) is 16.4. The Kier molecular flexibility index (Phi) is 5.51. The number of aryl methyl sites for hydroxylation is 2. The number of amides is 1. The summed E-state index contributed by atoms with van der Waals surface area (Å²) in [7, 11) is 1.91. The fourth-order valence-electron chi connectivity index (χ4n) is 3.95. The first-order chi connectivity index (χ1) is 11.6. The second-order valence-corrected chi connectivity index (χ2v) is 7.68. The van der Waals surface area contributed by atoms with Gasteiger partial charge in [-0.25, -0.2) is 0 Å². The van der Waals surface area contributed by atoms with Crippen molar-refractivity contribution >= 4 is 34.2 Å². The standard InChI is InChI=1S/C18H21BrN4O.ClH/c1-23-10-12(7-21-23)15-8-20-9-16(15)18(24)22-17-5-2-11-6-13(19)3-4-14(11)17;/h3-4,6-7,10,15-17,20H,2,5,8-9H2,1H3,(H,22,24);1H/t15-,16+,17?;/m1./s1. The average molecular weight is 426 g/mol. The molecule has 0 spiro atoms. The molecule has 25 heavy (non-hydrogen) atoms. The summed E-state index contributed by atoms with van der Waals surface area (Å²) in [5, 5.41) is 10.9. The van der Waals surface area contributed by atoms with Crippen LogP contribution < -0.4 is 10.6 Å². The van der Waals surface area contributed by atoms with Gasteiger partial charge in [-0.15, -0.1) is 12.4 Å². The molecular weight excluding hydrogens is 404 g/mol. The summed E-state index contributed by atoms with van der Waals surface area (Å²) in [6.45, 7) is 1.56. The van der Waals surface area contributed by atoms with E-state index in [0.29, 0.717) is 0 Å². The predicted octanol–water partition coefficient (Wildman–Crippen LogP) is 2.71. The molecule has 1 fully saturated rings. The van der Waals surface area contributed by atoms with Crippen LogP contribution in [0, 0.1) is 5.92 Å². The molecule has 7 heteroatoms. The van der Waals surface area contributed by atoms with E-state index in [2.05, 4.69) is 49.9 Å². The zero-order chi connectivity index (χ0) is 16.7. The van der Waals surface area contributed by atoms with E-state index in [4.69, 9.17) is 0 Å². The van der Waals surface area contributed by atoms with Crippen LogP contribution >= 0.6 is 28.3 Å². The third-order valence-electron chi connectivity index (χ3n) is 5.20. The fourth-order valence-corrected chi connectivity index (χ4v) is 4.36. The van der Waals surface area contributed by atoms with Crippen molar-refractivity contribution in [3.8, 4) is 0 Å². The Balaban J connectivity index is 0.00000182. The quantitative estimate of drug-likeness (QED) is 0.795. The van der Waals surface area contributed by atoms with Crippen molar-refractivity contribution < 1.29 is 4.79 Å². The van der Waals surface area contributed by atoms with Crippen molar-refractivity contribution in [2.45, 2.75) is 24.8 Å². The highest BCUT2D eigenvalue weighted by Crippen LogP contribution is 2.34. The smallest absolute Gasteiger partial charge is 0.225 e. The number of nitrogens with zero attached hydrogens (tertiary/aromatic N) is 2. The van der Waals surface area contributed by atoms with Crippen molar-refractivity contribution in [1.29, 1.82) is 0 Å². The van der Waals surface area contributed by atoms with Crippen molar-refractivity contribution in [1.82, 2.24) is 20.4 Å². The molecule has 1 aromatic carbocycles. The number of carbonyl (C=O) groups excluding carboxylic acids is 1. The van der Waals surface area contributed by atoms with Crippen molar-refractivity contribution in [3.05, 3.63) is 51.8 Å². The first-order valence-electron chi connectivity index (χ1n) is 8.40. The van der Waals surface area contributed by atoms with Gasteiger partial charge < -0.3 is 10.6 Å². The van der Waals surface area contributed by atoms with Crippen LogP contribution in [0.4, 0.5) is 0 Å². The molecule has 1 aliphatic carbocycles. The maximum atomic E-state index is 12.9. The lowest BCUT2D eigenvalue weighted by Gasteiger charge is -2.21. The van der Waals surface area contributed by atoms with Crippen LogP contribution in [0.25, 0.3) is 0 Å². The summed E-state index contributed by atoms with van der Waals surface area (Å²) in [6.07, 6.45) is 5.89. The first kappa shape index (κ1) is 18.4. The molecule has 0 radical (unpaired) electrons. The minimum Gasteiger partial charge on any atom is -0.349 e. The van der Waals surface area contributed by atoms with Gasteiger partial charge in [-0.05, 0) is 41.7 Å². The third kappa shape index (κ3) is 3.61. The van der Waals surface area contributed by atoms with Gasteiger partial charge >= 0.3 is 0 Å². The molecule has 1 aromatic heterocycles. The molecule has 1 aliphatic heterocycles. The van der Waals surface area contributed by atoms with Crippen molar-refractivity contribution in [3.63, 3.8) is 0 Å². The minimum atomic E-state index is -0.0336. The average Bonchev–Trinajstić information content (AvgIpc) is 3.26. The monoisotopic (exact) mass is 424 g/mol. The molecule has 0 bridgehead atoms. The topological polar surface area (TPSA) is 59.0 Å². The molecule has 0 saturated carbocycles. The van der Waals surface area contributed by atoms with Crippen LogP contribution in [-0.4, -0.2) is 28.8 Å². The Morgan fingerprint density at radius 2 is 2.24 bits per heavy atom. The summed E-state index contributed by atoms with van der Waals surface area (Å²) < 4.78 is 2.90. The van der Waals surface area contributed by atoms with Crippen LogP contribution in [0.3, 0.4) is 0 Å². The number of aromatic nitrogens is 2. The summed E-state index contributed by atoms with van der Waals surface area (Å²) in [5.74, 6) is 0.313. The molecule has 1 unspecified atom stereocenters. The molecule has 2 aliphatic rings. The SMILES string of the molecule is Cl.Cn1cc([C@H]2CNC[C@@H]2C(=O)NC2CCc3cc(Br)ccc32)cn1. The molecule has 4 rings (SSSR count). The van der Waals surface area contributed by atoms with Gasteiger partial charge in [0, 0.05) is 36.7 Å². The number of hydrogen-bond acceptors (Lipinski definition) is 3. The molecule has 134 valence electrons. The van der Waals surface area contributed by atoms with Gasteiger partial charge in [0.15, 0.2) is 0 Å². The highest BCUT2D eigenvalue weighted by molar-refractivity contribution is 9.10. The van der Waals surface area contributed by atoms with Gasteiger partial charge in [0.2, 0.25) is 5.91 Å². The lowest BCUT2D eigenvalue weighted by Crippen LogP contribution is -2.36. The van der Waals surface area contributed by atoms with Gasteiger partial charge in [0.05, 0.1) is 18.2 Å². The number of rotatable bonds is 3. The highest BCUT2D eigenvalue weighted by atomic mass is 79.9. The van der Waals surface area contributed by atoms with E-state index in [-0.39, 0.29) is 36.2 Å². The molecule has 5 nitrogen and oxygen atoms in total. The Morgan fingerprint density at radius 3 is 3.00 bits per heavy atom. The number of hydrogen-bond donors (Lipinski definition) is 2. The van der Waals surface area contributed by atoms with E-state index >= 15 is 0 Å². The maximum absolute atomic E-state index is 12.9. The lowest BCUT2D eigenvalue weighted by molar-refractivity contribution is -0.125. The number of benzene rings is 1. The Morgan fingerprint density at radius 1 is 1.40 bits per heavy atom. The predicted molar refractivity (Wildman–Crippen MR) is 103 cm³/mol. The summed E-state index contributed by atoms with van der Waals surface area (Å²) >= 11 is 3.52. The van der Waals surface area contributed by atoms with Crippen LogP contribution in [0.1, 0.15) is 35.1 Å². The second-order valence-electron chi connectivity index (χ2n) is 6.76. The number of carbonyl (C=O) groups is 1. The van der Waals surface area contributed by atoms with Gasteiger partial charge in [0.1, 0.15) is 0 Å². The van der Waals surface area contributed by atoms with Crippen molar-refractivity contribution in [2.24, 2.45) is 13.0 Å². The van der Waals surface area contributed by atoms with E-state index in [0.717, 1.165) is 36.0 Å². The maximum Gasteiger partial charge on any atom is 0.225 e. The van der Waals surface area contributed by atoms with E-state index < -0.39 is 0 Å². The molecule has 2 N–H and O–H groups in total. The molecule has 2 heterocycles. The molecule has 3 atom stereocenters.